The first-order valence-corrected chi connectivity index (χ1v) is 10.1. The number of hydrogen-bond acceptors (Lipinski definition) is 6. The Balaban J connectivity index is 1.49. The molecule has 7 heteroatoms. The molecule has 3 aromatic carbocycles. The maximum atomic E-state index is 12.5. The molecule has 1 aromatic heterocycles. The van der Waals surface area contributed by atoms with Crippen LogP contribution in [0.4, 0.5) is 5.69 Å². The minimum atomic E-state index is -0.638. The highest BCUT2D eigenvalue weighted by molar-refractivity contribution is 9.10. The molecule has 0 saturated heterocycles. The number of aromatic nitrogens is 1. The van der Waals surface area contributed by atoms with Crippen molar-refractivity contribution in [2.24, 2.45) is 4.99 Å². The van der Waals surface area contributed by atoms with Gasteiger partial charge < -0.3 is 14.0 Å². The zero-order valence-electron chi connectivity index (χ0n) is 16.5. The van der Waals surface area contributed by atoms with Crippen LogP contribution in [0.15, 0.2) is 92.9 Å². The van der Waals surface area contributed by atoms with Crippen LogP contribution in [-0.2, 0) is 0 Å². The van der Waals surface area contributed by atoms with Gasteiger partial charge in [-0.25, -0.2) is 4.79 Å². The van der Waals surface area contributed by atoms with Crippen molar-refractivity contribution >= 4 is 33.8 Å². The van der Waals surface area contributed by atoms with Crippen molar-refractivity contribution in [3.8, 4) is 22.8 Å². The van der Waals surface area contributed by atoms with Crippen LogP contribution >= 0.6 is 15.9 Å². The summed E-state index contributed by atoms with van der Waals surface area (Å²) in [7, 11) is 1.51. The van der Waals surface area contributed by atoms with Gasteiger partial charge in [-0.15, -0.1) is 0 Å². The van der Waals surface area contributed by atoms with Crippen molar-refractivity contribution in [3.63, 3.8) is 0 Å². The van der Waals surface area contributed by atoms with Gasteiger partial charge in [0.25, 0.3) is 0 Å². The Morgan fingerprint density at radius 1 is 1.00 bits per heavy atom. The van der Waals surface area contributed by atoms with E-state index >= 15 is 0 Å². The molecule has 0 bridgehead atoms. The van der Waals surface area contributed by atoms with Crippen molar-refractivity contribution in [1.29, 1.82) is 0 Å². The zero-order valence-corrected chi connectivity index (χ0v) is 18.1. The summed E-state index contributed by atoms with van der Waals surface area (Å²) >= 11 is 3.40. The van der Waals surface area contributed by atoms with Gasteiger partial charge in [-0.05, 0) is 48.0 Å². The van der Waals surface area contributed by atoms with Gasteiger partial charge in [-0.2, -0.15) is 0 Å². The molecule has 1 heterocycles. The molecule has 0 amide bonds. The summed E-state index contributed by atoms with van der Waals surface area (Å²) < 4.78 is 17.1. The van der Waals surface area contributed by atoms with E-state index in [1.807, 2.05) is 54.6 Å². The fraction of sp³-hybridized carbons (Fsp3) is 0.0417. The van der Waals surface area contributed by atoms with Crippen LogP contribution in [0.5, 0.6) is 11.5 Å². The molecule has 4 aromatic rings. The molecule has 31 heavy (non-hydrogen) atoms. The predicted molar refractivity (Wildman–Crippen MR) is 121 cm³/mol. The second-order valence-corrected chi connectivity index (χ2v) is 7.39. The Bertz CT molecular complexity index is 1220. The normalized spacial score (nSPS) is 10.9. The maximum absolute atomic E-state index is 12.5. The first kappa shape index (κ1) is 20.6. The van der Waals surface area contributed by atoms with Crippen molar-refractivity contribution in [2.75, 3.05) is 7.11 Å². The third-order valence-electron chi connectivity index (χ3n) is 4.36. The smallest absolute Gasteiger partial charge is 0.366 e. The van der Waals surface area contributed by atoms with Crippen LogP contribution in [0.3, 0.4) is 0 Å². The second kappa shape index (κ2) is 9.40. The number of nitrogens with zero attached hydrogens (tertiary/aromatic N) is 2. The Kier molecular flexibility index (Phi) is 6.24. The zero-order chi connectivity index (χ0) is 21.6. The number of esters is 1. The van der Waals surface area contributed by atoms with Gasteiger partial charge in [-0.3, -0.25) is 4.99 Å². The van der Waals surface area contributed by atoms with Crippen LogP contribution in [0.25, 0.3) is 11.3 Å². The lowest BCUT2D eigenvalue weighted by molar-refractivity contribution is 0.0719. The number of carbonyl (C=O) groups is 1. The molecule has 0 aliphatic carbocycles. The summed E-state index contributed by atoms with van der Waals surface area (Å²) in [5.41, 5.74) is 2.51. The Morgan fingerprint density at radius 3 is 2.52 bits per heavy atom. The molecule has 6 nitrogen and oxygen atoms in total. The lowest BCUT2D eigenvalue weighted by Gasteiger charge is -2.08. The molecule has 154 valence electrons. The largest absolute Gasteiger partial charge is 0.493 e. The van der Waals surface area contributed by atoms with Crippen molar-refractivity contribution in [2.45, 2.75) is 0 Å². The van der Waals surface area contributed by atoms with E-state index in [-0.39, 0.29) is 11.4 Å². The summed E-state index contributed by atoms with van der Waals surface area (Å²) in [6.45, 7) is 0. The lowest BCUT2D eigenvalue weighted by Crippen LogP contribution is -2.09. The molecular formula is C24H17BrN2O4. The molecule has 0 fully saturated rings. The topological polar surface area (TPSA) is 73.9 Å². The van der Waals surface area contributed by atoms with Gasteiger partial charge in [0.15, 0.2) is 23.0 Å². The average molecular weight is 477 g/mol. The summed E-state index contributed by atoms with van der Waals surface area (Å²) in [4.78, 5) is 17.0. The van der Waals surface area contributed by atoms with E-state index in [0.717, 1.165) is 21.3 Å². The highest BCUT2D eigenvalue weighted by Gasteiger charge is 2.18. The predicted octanol–water partition coefficient (Wildman–Crippen LogP) is 6.08. The van der Waals surface area contributed by atoms with Gasteiger partial charge in [-0.1, -0.05) is 51.4 Å². The second-order valence-electron chi connectivity index (χ2n) is 6.48. The number of ether oxygens (including phenoxy) is 2. The maximum Gasteiger partial charge on any atom is 0.366 e. The highest BCUT2D eigenvalue weighted by Crippen LogP contribution is 2.29. The molecule has 0 aliphatic heterocycles. The van der Waals surface area contributed by atoms with Gasteiger partial charge >= 0.3 is 5.97 Å². The van der Waals surface area contributed by atoms with Gasteiger partial charge in [0.05, 0.1) is 12.8 Å². The van der Waals surface area contributed by atoms with E-state index in [2.05, 4.69) is 26.1 Å². The first-order chi connectivity index (χ1) is 15.1. The number of rotatable bonds is 6. The quantitative estimate of drug-likeness (QED) is 0.191. The van der Waals surface area contributed by atoms with E-state index in [1.165, 1.54) is 7.11 Å². The summed E-state index contributed by atoms with van der Waals surface area (Å²) in [5, 5.41) is 3.82. The number of halogens is 1. The fourth-order valence-electron chi connectivity index (χ4n) is 2.79. The van der Waals surface area contributed by atoms with Crippen LogP contribution in [-0.4, -0.2) is 24.5 Å². The molecule has 0 saturated carbocycles. The number of hydrogen-bond donors (Lipinski definition) is 0. The van der Waals surface area contributed by atoms with Crippen LogP contribution < -0.4 is 9.47 Å². The van der Waals surface area contributed by atoms with E-state index < -0.39 is 5.97 Å². The standard InChI is InChI=1S/C24H17BrN2O4/c1-29-23-13-16(15-26-19-10-8-18(25)9-11-19)7-12-21(23)30-24(28)20-14-22(31-27-20)17-5-3-2-4-6-17/h2-15H,1H3. The Morgan fingerprint density at radius 2 is 1.77 bits per heavy atom. The monoisotopic (exact) mass is 476 g/mol. The first-order valence-electron chi connectivity index (χ1n) is 9.34. The Hall–Kier alpha value is -3.71. The van der Waals surface area contributed by atoms with E-state index in [4.69, 9.17) is 14.0 Å². The SMILES string of the molecule is COc1cc(C=Nc2ccc(Br)cc2)ccc1OC(=O)c1cc(-c2ccccc2)on1. The van der Waals surface area contributed by atoms with Crippen LogP contribution in [0.1, 0.15) is 16.1 Å². The third kappa shape index (κ3) is 5.07. The molecule has 0 spiro atoms. The lowest BCUT2D eigenvalue weighted by atomic mass is 10.1. The third-order valence-corrected chi connectivity index (χ3v) is 4.89. The van der Waals surface area contributed by atoms with Crippen molar-refractivity contribution < 1.29 is 18.8 Å². The van der Waals surface area contributed by atoms with E-state index in [9.17, 15) is 4.79 Å². The molecule has 0 unspecified atom stereocenters. The molecule has 0 aliphatic rings. The number of carbonyl (C=O) groups excluding carboxylic acids is 1. The minimum absolute atomic E-state index is 0.0711. The fourth-order valence-corrected chi connectivity index (χ4v) is 3.05. The molecule has 4 rings (SSSR count). The number of aliphatic imine (C=N–C) groups is 1. The summed E-state index contributed by atoms with van der Waals surface area (Å²) in [6.07, 6.45) is 1.71. The average Bonchev–Trinajstić information content (AvgIpc) is 3.30. The van der Waals surface area contributed by atoms with E-state index in [0.29, 0.717) is 11.5 Å². The molecule has 0 radical (unpaired) electrons. The van der Waals surface area contributed by atoms with Crippen molar-refractivity contribution in [3.05, 3.63) is 94.6 Å². The number of methoxy groups -OCH3 is 1. The van der Waals surface area contributed by atoms with Gasteiger partial charge in [0.1, 0.15) is 0 Å². The van der Waals surface area contributed by atoms with Crippen molar-refractivity contribution in [1.82, 2.24) is 5.16 Å². The minimum Gasteiger partial charge on any atom is -0.493 e. The van der Waals surface area contributed by atoms with Gasteiger partial charge in [0.2, 0.25) is 0 Å². The number of benzene rings is 3. The van der Waals surface area contributed by atoms with Crippen LogP contribution in [0, 0.1) is 0 Å². The van der Waals surface area contributed by atoms with Crippen LogP contribution in [0.2, 0.25) is 0 Å². The highest BCUT2D eigenvalue weighted by atomic mass is 79.9. The van der Waals surface area contributed by atoms with E-state index in [1.54, 1.807) is 30.5 Å². The molecule has 0 N–H and O–H groups in total. The molecular weight excluding hydrogens is 460 g/mol. The summed E-state index contributed by atoms with van der Waals surface area (Å²) in [6, 6.07) is 23.7. The van der Waals surface area contributed by atoms with Gasteiger partial charge in [0, 0.05) is 22.3 Å². The molecule has 0 atom stereocenters. The summed E-state index contributed by atoms with van der Waals surface area (Å²) in [5.74, 6) is 0.525. The Labute approximate surface area is 187 Å².